The molecule has 0 aromatic carbocycles. The summed E-state index contributed by atoms with van der Waals surface area (Å²) in [7, 11) is -3.75. The van der Waals surface area contributed by atoms with E-state index in [0.717, 1.165) is 12.8 Å². The van der Waals surface area contributed by atoms with Gasteiger partial charge in [-0.05, 0) is 12.5 Å². The van der Waals surface area contributed by atoms with Crippen LogP contribution in [0.25, 0.3) is 0 Å². The van der Waals surface area contributed by atoms with Crippen molar-refractivity contribution in [3.63, 3.8) is 0 Å². The van der Waals surface area contributed by atoms with Gasteiger partial charge in [-0.25, -0.2) is 13.6 Å². The summed E-state index contributed by atoms with van der Waals surface area (Å²) in [6.07, 6.45) is 3.06. The Morgan fingerprint density at radius 3 is 2.75 bits per heavy atom. The summed E-state index contributed by atoms with van der Waals surface area (Å²) in [5.74, 6) is -0.330. The standard InChI is InChI=1S/C9H15N3O3S/c1-2-3-4-11-9(13)8-5-7(6-12-8)16(10,14)15/h5-6,12H,2-4H2,1H3,(H,11,13)(H2,10,14,15). The first-order valence-corrected chi connectivity index (χ1v) is 6.49. The van der Waals surface area contributed by atoms with E-state index < -0.39 is 10.0 Å². The van der Waals surface area contributed by atoms with E-state index in [1.807, 2.05) is 6.92 Å². The first-order valence-electron chi connectivity index (χ1n) is 4.94. The van der Waals surface area contributed by atoms with Crippen molar-refractivity contribution in [1.82, 2.24) is 10.3 Å². The molecule has 90 valence electrons. The number of hydrogen-bond donors (Lipinski definition) is 3. The SMILES string of the molecule is CCCCNC(=O)c1cc(S(N)(=O)=O)c[nH]1. The van der Waals surface area contributed by atoms with Crippen LogP contribution in [0.3, 0.4) is 0 Å². The van der Waals surface area contributed by atoms with E-state index in [-0.39, 0.29) is 16.5 Å². The van der Waals surface area contributed by atoms with Crippen LogP contribution in [0.5, 0.6) is 0 Å². The molecule has 0 saturated heterocycles. The van der Waals surface area contributed by atoms with Crippen LogP contribution in [0.2, 0.25) is 0 Å². The number of H-pyrrole nitrogens is 1. The number of nitrogens with one attached hydrogen (secondary N) is 2. The van der Waals surface area contributed by atoms with E-state index in [4.69, 9.17) is 5.14 Å². The molecule has 0 aliphatic heterocycles. The Morgan fingerprint density at radius 1 is 1.56 bits per heavy atom. The maximum Gasteiger partial charge on any atom is 0.267 e. The zero-order valence-electron chi connectivity index (χ0n) is 8.99. The number of carbonyl (C=O) groups is 1. The molecule has 1 amide bonds. The normalized spacial score (nSPS) is 11.4. The van der Waals surface area contributed by atoms with Gasteiger partial charge in [0.1, 0.15) is 5.69 Å². The van der Waals surface area contributed by atoms with Crippen molar-refractivity contribution >= 4 is 15.9 Å². The topological polar surface area (TPSA) is 105 Å². The van der Waals surface area contributed by atoms with Crippen molar-refractivity contribution in [2.24, 2.45) is 5.14 Å². The smallest absolute Gasteiger partial charge is 0.267 e. The summed E-state index contributed by atoms with van der Waals surface area (Å²) in [6, 6.07) is 1.22. The molecule has 0 spiro atoms. The van der Waals surface area contributed by atoms with Gasteiger partial charge in [-0.1, -0.05) is 13.3 Å². The second-order valence-corrected chi connectivity index (χ2v) is 4.96. The van der Waals surface area contributed by atoms with Crippen molar-refractivity contribution < 1.29 is 13.2 Å². The van der Waals surface area contributed by atoms with Crippen LogP contribution in [0.15, 0.2) is 17.2 Å². The third kappa shape index (κ3) is 3.35. The van der Waals surface area contributed by atoms with Crippen molar-refractivity contribution in [1.29, 1.82) is 0 Å². The summed E-state index contributed by atoms with van der Waals surface area (Å²) in [5, 5.41) is 7.57. The Kier molecular flexibility index (Phi) is 4.08. The van der Waals surface area contributed by atoms with E-state index in [0.29, 0.717) is 6.54 Å². The fourth-order valence-electron chi connectivity index (χ4n) is 1.14. The van der Waals surface area contributed by atoms with Gasteiger partial charge >= 0.3 is 0 Å². The lowest BCUT2D eigenvalue weighted by Crippen LogP contribution is -2.24. The van der Waals surface area contributed by atoms with Gasteiger partial charge in [0.15, 0.2) is 0 Å². The zero-order chi connectivity index (χ0) is 12.2. The molecule has 16 heavy (non-hydrogen) atoms. The van der Waals surface area contributed by atoms with Gasteiger partial charge in [-0.2, -0.15) is 0 Å². The highest BCUT2D eigenvalue weighted by Crippen LogP contribution is 2.08. The monoisotopic (exact) mass is 245 g/mol. The van der Waals surface area contributed by atoms with Crippen LogP contribution in [0, 0.1) is 0 Å². The molecule has 0 bridgehead atoms. The number of primary sulfonamides is 1. The minimum absolute atomic E-state index is 0.0897. The molecule has 1 aromatic rings. The molecule has 0 unspecified atom stereocenters. The average Bonchev–Trinajstić information content (AvgIpc) is 2.66. The quantitative estimate of drug-likeness (QED) is 0.645. The highest BCUT2D eigenvalue weighted by Gasteiger charge is 2.13. The fraction of sp³-hybridized carbons (Fsp3) is 0.444. The third-order valence-corrected chi connectivity index (χ3v) is 2.94. The van der Waals surface area contributed by atoms with Crippen molar-refractivity contribution in [3.8, 4) is 0 Å². The maximum absolute atomic E-state index is 11.5. The molecule has 0 fully saturated rings. The highest BCUT2D eigenvalue weighted by molar-refractivity contribution is 7.89. The fourth-order valence-corrected chi connectivity index (χ4v) is 1.65. The number of hydrogen-bond acceptors (Lipinski definition) is 3. The van der Waals surface area contributed by atoms with E-state index >= 15 is 0 Å². The minimum atomic E-state index is -3.75. The van der Waals surface area contributed by atoms with Crippen LogP contribution in [0.1, 0.15) is 30.3 Å². The summed E-state index contributed by atoms with van der Waals surface area (Å²) in [6.45, 7) is 2.58. The molecular formula is C9H15N3O3S. The van der Waals surface area contributed by atoms with E-state index in [1.54, 1.807) is 0 Å². The van der Waals surface area contributed by atoms with E-state index in [9.17, 15) is 13.2 Å². The molecule has 1 heterocycles. The Labute approximate surface area is 94.3 Å². The average molecular weight is 245 g/mol. The van der Waals surface area contributed by atoms with Crippen LogP contribution >= 0.6 is 0 Å². The molecule has 6 nitrogen and oxygen atoms in total. The number of unbranched alkanes of at least 4 members (excludes halogenated alkanes) is 1. The summed E-state index contributed by atoms with van der Waals surface area (Å²) in [4.78, 5) is 14.0. The van der Waals surface area contributed by atoms with Gasteiger partial charge in [-0.3, -0.25) is 4.79 Å². The Morgan fingerprint density at radius 2 is 2.25 bits per heavy atom. The van der Waals surface area contributed by atoms with Crippen molar-refractivity contribution in [2.75, 3.05) is 6.54 Å². The molecule has 0 aliphatic carbocycles. The van der Waals surface area contributed by atoms with Gasteiger partial charge in [0, 0.05) is 12.7 Å². The molecule has 0 aliphatic rings. The lowest BCUT2D eigenvalue weighted by Gasteiger charge is -2.01. The van der Waals surface area contributed by atoms with Crippen LogP contribution in [-0.4, -0.2) is 25.9 Å². The number of carbonyl (C=O) groups excluding carboxylic acids is 1. The van der Waals surface area contributed by atoms with Crippen LogP contribution in [-0.2, 0) is 10.0 Å². The van der Waals surface area contributed by atoms with Gasteiger partial charge in [0.2, 0.25) is 10.0 Å². The summed E-state index contributed by atoms with van der Waals surface area (Å²) < 4.78 is 21.9. The van der Waals surface area contributed by atoms with Gasteiger partial charge in [0.25, 0.3) is 5.91 Å². The number of sulfonamides is 1. The Hall–Kier alpha value is -1.34. The molecule has 1 rings (SSSR count). The lowest BCUT2D eigenvalue weighted by atomic mass is 10.3. The van der Waals surface area contributed by atoms with Crippen molar-refractivity contribution in [2.45, 2.75) is 24.7 Å². The molecule has 7 heteroatoms. The summed E-state index contributed by atoms with van der Waals surface area (Å²) in [5.41, 5.74) is 0.195. The number of aromatic amines is 1. The number of nitrogens with two attached hydrogens (primary N) is 1. The first-order chi connectivity index (χ1) is 7.45. The highest BCUT2D eigenvalue weighted by atomic mass is 32.2. The van der Waals surface area contributed by atoms with Crippen LogP contribution < -0.4 is 10.5 Å². The molecule has 0 saturated carbocycles. The molecule has 0 radical (unpaired) electrons. The first kappa shape index (κ1) is 12.7. The van der Waals surface area contributed by atoms with E-state index in [1.165, 1.54) is 12.3 Å². The second kappa shape index (κ2) is 5.13. The predicted molar refractivity (Wildman–Crippen MR) is 59.4 cm³/mol. The molecule has 1 aromatic heterocycles. The summed E-state index contributed by atoms with van der Waals surface area (Å²) >= 11 is 0. The van der Waals surface area contributed by atoms with Gasteiger partial charge in [-0.15, -0.1) is 0 Å². The lowest BCUT2D eigenvalue weighted by molar-refractivity contribution is 0.0948. The van der Waals surface area contributed by atoms with Gasteiger partial charge < -0.3 is 10.3 Å². The minimum Gasteiger partial charge on any atom is -0.356 e. The van der Waals surface area contributed by atoms with E-state index in [2.05, 4.69) is 10.3 Å². The number of amides is 1. The predicted octanol–water partition coefficient (Wildman–Crippen LogP) is 0.192. The number of rotatable bonds is 5. The zero-order valence-corrected chi connectivity index (χ0v) is 9.80. The largest absolute Gasteiger partial charge is 0.356 e. The third-order valence-electron chi connectivity index (χ3n) is 2.05. The second-order valence-electron chi connectivity index (χ2n) is 3.40. The molecule has 0 atom stereocenters. The Balaban J connectivity index is 2.68. The maximum atomic E-state index is 11.5. The molecule has 4 N–H and O–H groups in total. The van der Waals surface area contributed by atoms with Crippen LogP contribution in [0.4, 0.5) is 0 Å². The van der Waals surface area contributed by atoms with Gasteiger partial charge in [0.05, 0.1) is 4.90 Å². The number of aromatic nitrogens is 1. The Bertz CT molecular complexity index is 464. The van der Waals surface area contributed by atoms with Crippen molar-refractivity contribution in [3.05, 3.63) is 18.0 Å². The molecular weight excluding hydrogens is 230 g/mol.